The highest BCUT2D eigenvalue weighted by molar-refractivity contribution is 7.99. The largest absolute Gasteiger partial charge is 0.468 e. The van der Waals surface area contributed by atoms with Gasteiger partial charge in [0.2, 0.25) is 0 Å². The Kier molecular flexibility index (Phi) is 3.65. The van der Waals surface area contributed by atoms with Gasteiger partial charge in [0, 0.05) is 17.2 Å². The summed E-state index contributed by atoms with van der Waals surface area (Å²) in [5.74, 6) is 1.51. The normalized spacial score (nSPS) is 13.2. The maximum Gasteiger partial charge on any atom is 0.114 e. The van der Waals surface area contributed by atoms with E-state index in [4.69, 9.17) is 10.2 Å². The van der Waals surface area contributed by atoms with Gasteiger partial charge in [-0.15, -0.1) is 11.8 Å². The van der Waals surface area contributed by atoms with Crippen LogP contribution in [0.15, 0.2) is 21.6 Å². The fraction of sp³-hybridized carbons (Fsp3) is 0.500. The Bertz CT molecular complexity index is 237. The van der Waals surface area contributed by atoms with Crippen LogP contribution in [0.5, 0.6) is 0 Å². The monoisotopic (exact) mass is 187 g/mol. The Labute approximate surface area is 75.9 Å². The van der Waals surface area contributed by atoms with Crippen LogP contribution in [-0.4, -0.2) is 23.5 Å². The molecule has 0 bridgehead atoms. The molecule has 1 heterocycles. The topological polar surface area (TPSA) is 59.4 Å². The number of aryl methyl sites for hydroxylation is 1. The molecular weight excluding hydrogens is 174 g/mol. The second kappa shape index (κ2) is 4.54. The molecule has 1 atom stereocenters. The molecule has 0 fully saturated rings. The Balaban J connectivity index is 2.38. The molecule has 0 aliphatic carbocycles. The summed E-state index contributed by atoms with van der Waals surface area (Å²) in [5.41, 5.74) is 5.26. The van der Waals surface area contributed by atoms with E-state index in [9.17, 15) is 5.11 Å². The number of hydrogen-bond acceptors (Lipinski definition) is 4. The van der Waals surface area contributed by atoms with Gasteiger partial charge in [0.25, 0.3) is 0 Å². The van der Waals surface area contributed by atoms with E-state index in [0.29, 0.717) is 12.3 Å². The Hall–Kier alpha value is -0.450. The SMILES string of the molecule is Cc1occc1SCC(O)CN. The van der Waals surface area contributed by atoms with Crippen LogP contribution in [0, 0.1) is 6.92 Å². The van der Waals surface area contributed by atoms with E-state index >= 15 is 0 Å². The molecule has 4 heteroatoms. The van der Waals surface area contributed by atoms with Gasteiger partial charge in [-0.05, 0) is 13.0 Å². The highest BCUT2D eigenvalue weighted by atomic mass is 32.2. The van der Waals surface area contributed by atoms with Gasteiger partial charge in [-0.1, -0.05) is 0 Å². The average Bonchev–Trinajstić information content (AvgIpc) is 2.47. The number of hydrogen-bond donors (Lipinski definition) is 2. The molecule has 1 unspecified atom stereocenters. The molecule has 3 N–H and O–H groups in total. The molecule has 0 aliphatic rings. The quantitative estimate of drug-likeness (QED) is 0.690. The molecule has 1 aromatic heterocycles. The van der Waals surface area contributed by atoms with Crippen LogP contribution >= 0.6 is 11.8 Å². The summed E-state index contributed by atoms with van der Waals surface area (Å²) in [7, 11) is 0. The summed E-state index contributed by atoms with van der Waals surface area (Å²) in [6, 6.07) is 1.89. The van der Waals surface area contributed by atoms with Crippen molar-refractivity contribution >= 4 is 11.8 Å². The van der Waals surface area contributed by atoms with Gasteiger partial charge < -0.3 is 15.3 Å². The maximum absolute atomic E-state index is 9.17. The predicted octanol–water partition coefficient (Wildman–Crippen LogP) is 1.000. The number of nitrogens with two attached hydrogens (primary N) is 1. The van der Waals surface area contributed by atoms with Crippen molar-refractivity contribution in [2.45, 2.75) is 17.9 Å². The van der Waals surface area contributed by atoms with E-state index in [0.717, 1.165) is 10.7 Å². The first kappa shape index (κ1) is 9.64. The van der Waals surface area contributed by atoms with Crippen LogP contribution in [0.25, 0.3) is 0 Å². The average molecular weight is 187 g/mol. The third kappa shape index (κ3) is 2.55. The molecule has 0 aromatic carbocycles. The lowest BCUT2D eigenvalue weighted by atomic mass is 10.4. The smallest absolute Gasteiger partial charge is 0.114 e. The van der Waals surface area contributed by atoms with Crippen molar-refractivity contribution in [3.05, 3.63) is 18.1 Å². The van der Waals surface area contributed by atoms with Crippen molar-refractivity contribution in [1.82, 2.24) is 0 Å². The molecular formula is C8H13NO2S. The predicted molar refractivity (Wildman–Crippen MR) is 49.2 cm³/mol. The molecule has 0 saturated carbocycles. The van der Waals surface area contributed by atoms with Crippen LogP contribution in [0.1, 0.15) is 5.76 Å². The minimum absolute atomic E-state index is 0.309. The summed E-state index contributed by atoms with van der Waals surface area (Å²) in [4.78, 5) is 1.07. The van der Waals surface area contributed by atoms with Crippen molar-refractivity contribution in [2.75, 3.05) is 12.3 Å². The zero-order valence-electron chi connectivity index (χ0n) is 6.99. The van der Waals surface area contributed by atoms with Crippen LogP contribution < -0.4 is 5.73 Å². The van der Waals surface area contributed by atoms with Crippen molar-refractivity contribution in [3.8, 4) is 0 Å². The Morgan fingerprint density at radius 1 is 1.75 bits per heavy atom. The lowest BCUT2D eigenvalue weighted by Crippen LogP contribution is -2.21. The molecule has 0 radical (unpaired) electrons. The van der Waals surface area contributed by atoms with Crippen molar-refractivity contribution in [1.29, 1.82) is 0 Å². The molecule has 12 heavy (non-hydrogen) atoms. The molecule has 0 spiro atoms. The number of rotatable bonds is 4. The van der Waals surface area contributed by atoms with Gasteiger partial charge in [0.05, 0.1) is 12.4 Å². The number of thioether (sulfide) groups is 1. The van der Waals surface area contributed by atoms with E-state index in [1.165, 1.54) is 0 Å². The molecule has 0 aliphatic heterocycles. The van der Waals surface area contributed by atoms with E-state index in [2.05, 4.69) is 0 Å². The van der Waals surface area contributed by atoms with Crippen LogP contribution in [-0.2, 0) is 0 Å². The number of furan rings is 1. The van der Waals surface area contributed by atoms with E-state index < -0.39 is 6.10 Å². The van der Waals surface area contributed by atoms with Gasteiger partial charge in [-0.3, -0.25) is 0 Å². The third-order valence-electron chi connectivity index (χ3n) is 1.51. The fourth-order valence-corrected chi connectivity index (χ4v) is 1.69. The summed E-state index contributed by atoms with van der Waals surface area (Å²) < 4.78 is 5.10. The molecule has 1 rings (SSSR count). The van der Waals surface area contributed by atoms with Crippen LogP contribution in [0.3, 0.4) is 0 Å². The van der Waals surface area contributed by atoms with Crippen molar-refractivity contribution in [3.63, 3.8) is 0 Å². The molecule has 0 amide bonds. The zero-order valence-corrected chi connectivity index (χ0v) is 7.80. The van der Waals surface area contributed by atoms with Gasteiger partial charge in [-0.2, -0.15) is 0 Å². The molecule has 0 saturated heterocycles. The van der Waals surface area contributed by atoms with Gasteiger partial charge in [-0.25, -0.2) is 0 Å². The highest BCUT2D eigenvalue weighted by Gasteiger charge is 2.05. The second-order valence-electron chi connectivity index (χ2n) is 2.54. The molecule has 1 aromatic rings. The van der Waals surface area contributed by atoms with Gasteiger partial charge in [0.15, 0.2) is 0 Å². The zero-order chi connectivity index (χ0) is 8.97. The lowest BCUT2D eigenvalue weighted by molar-refractivity contribution is 0.208. The first-order valence-corrected chi connectivity index (χ1v) is 4.77. The highest BCUT2D eigenvalue weighted by Crippen LogP contribution is 2.23. The number of aliphatic hydroxyl groups excluding tert-OH is 1. The molecule has 3 nitrogen and oxygen atoms in total. The Morgan fingerprint density at radius 3 is 3.00 bits per heavy atom. The summed E-state index contributed by atoms with van der Waals surface area (Å²) in [6.45, 7) is 2.21. The minimum atomic E-state index is -0.427. The first-order valence-electron chi connectivity index (χ1n) is 3.79. The van der Waals surface area contributed by atoms with E-state index in [1.54, 1.807) is 18.0 Å². The van der Waals surface area contributed by atoms with Crippen molar-refractivity contribution < 1.29 is 9.52 Å². The fourth-order valence-electron chi connectivity index (χ4n) is 0.777. The van der Waals surface area contributed by atoms with Gasteiger partial charge >= 0.3 is 0 Å². The summed E-state index contributed by atoms with van der Waals surface area (Å²) in [6.07, 6.45) is 1.22. The van der Waals surface area contributed by atoms with Crippen LogP contribution in [0.4, 0.5) is 0 Å². The summed E-state index contributed by atoms with van der Waals surface area (Å²) in [5, 5.41) is 9.17. The lowest BCUT2D eigenvalue weighted by Gasteiger charge is -2.05. The number of aliphatic hydroxyl groups is 1. The van der Waals surface area contributed by atoms with Crippen LogP contribution in [0.2, 0.25) is 0 Å². The van der Waals surface area contributed by atoms with E-state index in [1.807, 2.05) is 13.0 Å². The van der Waals surface area contributed by atoms with Gasteiger partial charge in [0.1, 0.15) is 5.76 Å². The third-order valence-corrected chi connectivity index (χ3v) is 2.80. The summed E-state index contributed by atoms with van der Waals surface area (Å²) >= 11 is 1.56. The first-order chi connectivity index (χ1) is 5.74. The second-order valence-corrected chi connectivity index (χ2v) is 3.60. The van der Waals surface area contributed by atoms with E-state index in [-0.39, 0.29) is 0 Å². The standard InChI is InChI=1S/C8H13NO2S/c1-6-8(2-3-11-6)12-5-7(10)4-9/h2-3,7,10H,4-5,9H2,1H3. The minimum Gasteiger partial charge on any atom is -0.468 e. The van der Waals surface area contributed by atoms with Crippen molar-refractivity contribution in [2.24, 2.45) is 5.73 Å². The molecule has 68 valence electrons. The maximum atomic E-state index is 9.17. The Morgan fingerprint density at radius 2 is 2.50 bits per heavy atom.